The molecule has 23 heavy (non-hydrogen) atoms. The van der Waals surface area contributed by atoms with Crippen LogP contribution in [0.3, 0.4) is 0 Å². The summed E-state index contributed by atoms with van der Waals surface area (Å²) in [5.74, 6) is -0.579. The van der Waals surface area contributed by atoms with E-state index in [-0.39, 0.29) is 35.0 Å². The van der Waals surface area contributed by atoms with Crippen LogP contribution in [0.4, 0.5) is 0 Å². The molecule has 1 unspecified atom stereocenters. The zero-order valence-electron chi connectivity index (χ0n) is 14.6. The van der Waals surface area contributed by atoms with Crippen molar-refractivity contribution in [3.63, 3.8) is 0 Å². The van der Waals surface area contributed by atoms with Gasteiger partial charge in [-0.1, -0.05) is 22.6 Å². The highest BCUT2D eigenvalue weighted by molar-refractivity contribution is 14.1. The zero-order valence-corrected chi connectivity index (χ0v) is 16.7. The van der Waals surface area contributed by atoms with Crippen molar-refractivity contribution in [1.29, 1.82) is 0 Å². The van der Waals surface area contributed by atoms with Gasteiger partial charge in [0.2, 0.25) is 0 Å². The number of hydrogen-bond donors (Lipinski definition) is 0. The number of carbonyl (C=O) groups is 2. The molecular weight excluding hydrogens is 413 g/mol. The Morgan fingerprint density at radius 1 is 1.22 bits per heavy atom. The third-order valence-electron chi connectivity index (χ3n) is 3.95. The number of halogens is 1. The summed E-state index contributed by atoms with van der Waals surface area (Å²) in [5.41, 5.74) is -1.11. The Labute approximate surface area is 152 Å². The maximum atomic E-state index is 12.3. The molecule has 1 saturated heterocycles. The van der Waals surface area contributed by atoms with Gasteiger partial charge in [-0.15, -0.1) is 10.3 Å². The number of ether oxygens (including phenoxy) is 2. The van der Waals surface area contributed by atoms with Gasteiger partial charge in [-0.3, -0.25) is 9.59 Å². The lowest BCUT2D eigenvalue weighted by molar-refractivity contribution is -0.299. The molecule has 1 fully saturated rings. The number of piperidine rings is 1. The van der Waals surface area contributed by atoms with Crippen LogP contribution >= 0.6 is 22.6 Å². The second-order valence-electron chi connectivity index (χ2n) is 7.33. The Balaban J connectivity index is 2.38. The molecule has 0 amide bonds. The van der Waals surface area contributed by atoms with Crippen molar-refractivity contribution >= 4 is 34.5 Å². The van der Waals surface area contributed by atoms with E-state index in [1.54, 1.807) is 6.92 Å². The molecule has 1 aliphatic rings. The standard InChI is InChI=1S/C16H27INO5/c1-11(17)14(20)22-8-6-7-13(19)23-12-9-15(2,3)18(21)16(4,5)10-12/h11-12H,6-10H2,1-5H3. The van der Waals surface area contributed by atoms with Gasteiger partial charge in [0.25, 0.3) is 0 Å². The van der Waals surface area contributed by atoms with E-state index in [0.717, 1.165) is 5.06 Å². The first kappa shape index (κ1) is 20.6. The Hall–Kier alpha value is -0.410. The number of esters is 2. The van der Waals surface area contributed by atoms with Gasteiger partial charge >= 0.3 is 11.9 Å². The van der Waals surface area contributed by atoms with Crippen LogP contribution in [0.5, 0.6) is 0 Å². The van der Waals surface area contributed by atoms with Crippen LogP contribution in [0.2, 0.25) is 0 Å². The fourth-order valence-corrected chi connectivity index (χ4v) is 3.18. The highest BCUT2D eigenvalue weighted by atomic mass is 127. The first-order valence-electron chi connectivity index (χ1n) is 7.93. The fourth-order valence-electron chi connectivity index (χ4n) is 3.00. The highest BCUT2D eigenvalue weighted by Gasteiger charge is 2.47. The van der Waals surface area contributed by atoms with Crippen molar-refractivity contribution in [3.05, 3.63) is 0 Å². The first-order chi connectivity index (χ1) is 10.5. The van der Waals surface area contributed by atoms with E-state index < -0.39 is 11.1 Å². The molecule has 0 N–H and O–H groups in total. The predicted octanol–water partition coefficient (Wildman–Crippen LogP) is 3.04. The van der Waals surface area contributed by atoms with E-state index in [0.29, 0.717) is 19.3 Å². The van der Waals surface area contributed by atoms with Crippen molar-refractivity contribution < 1.29 is 24.3 Å². The summed E-state index contributed by atoms with van der Waals surface area (Å²) >= 11 is 1.98. The maximum absolute atomic E-state index is 12.3. The molecule has 0 aromatic heterocycles. The number of nitrogens with zero attached hydrogens (tertiary/aromatic N) is 1. The van der Waals surface area contributed by atoms with Crippen LogP contribution in [0.1, 0.15) is 60.3 Å². The SMILES string of the molecule is CC(I)C(=O)OCCCC(=O)OC1CC(C)(C)N([O])C(C)(C)C1. The monoisotopic (exact) mass is 440 g/mol. The predicted molar refractivity (Wildman–Crippen MR) is 93.5 cm³/mol. The van der Waals surface area contributed by atoms with Gasteiger partial charge in [0.15, 0.2) is 0 Å². The number of alkyl halides is 1. The van der Waals surface area contributed by atoms with Crippen LogP contribution in [-0.2, 0) is 24.3 Å². The fraction of sp³-hybridized carbons (Fsp3) is 0.875. The molecule has 133 valence electrons. The van der Waals surface area contributed by atoms with E-state index in [9.17, 15) is 14.8 Å². The minimum absolute atomic E-state index is 0.193. The molecule has 0 aromatic rings. The van der Waals surface area contributed by atoms with Gasteiger partial charge in [0.05, 0.1) is 6.61 Å². The van der Waals surface area contributed by atoms with Crippen LogP contribution in [0.25, 0.3) is 0 Å². The summed E-state index contributed by atoms with van der Waals surface area (Å²) in [6.07, 6.45) is 1.44. The first-order valence-corrected chi connectivity index (χ1v) is 9.18. The van der Waals surface area contributed by atoms with Crippen LogP contribution in [0, 0.1) is 0 Å². The third kappa shape index (κ3) is 6.19. The zero-order chi connectivity index (χ0) is 17.8. The Bertz CT molecular complexity index is 418. The number of rotatable bonds is 6. The largest absolute Gasteiger partial charge is 0.465 e. The maximum Gasteiger partial charge on any atom is 0.318 e. The van der Waals surface area contributed by atoms with E-state index in [1.807, 2.05) is 50.3 Å². The van der Waals surface area contributed by atoms with E-state index in [2.05, 4.69) is 0 Å². The summed E-state index contributed by atoms with van der Waals surface area (Å²) in [4.78, 5) is 23.2. The Kier molecular flexibility index (Phi) is 7.28. The summed E-state index contributed by atoms with van der Waals surface area (Å²) in [5, 5.41) is 13.4. The van der Waals surface area contributed by atoms with Gasteiger partial charge in [-0.2, -0.15) is 0 Å². The molecule has 0 spiro atoms. The lowest BCUT2D eigenvalue weighted by Crippen LogP contribution is -2.60. The molecule has 7 heteroatoms. The van der Waals surface area contributed by atoms with Crippen molar-refractivity contribution in [3.8, 4) is 0 Å². The molecular formula is C16H27INO5. The Morgan fingerprint density at radius 2 is 1.74 bits per heavy atom. The summed E-state index contributed by atoms with van der Waals surface area (Å²) in [6, 6.07) is 0. The second kappa shape index (κ2) is 8.11. The quantitative estimate of drug-likeness (QED) is 0.275. The van der Waals surface area contributed by atoms with E-state index in [1.165, 1.54) is 0 Å². The van der Waals surface area contributed by atoms with Crippen molar-refractivity contribution in [2.24, 2.45) is 0 Å². The summed E-state index contributed by atoms with van der Waals surface area (Å²) in [6.45, 7) is 9.44. The average Bonchev–Trinajstić information content (AvgIpc) is 2.39. The number of carbonyl (C=O) groups excluding carboxylic acids is 2. The minimum atomic E-state index is -0.557. The topological polar surface area (TPSA) is 75.7 Å². The van der Waals surface area contributed by atoms with Crippen LogP contribution < -0.4 is 0 Å². The number of hydroxylamine groups is 2. The van der Waals surface area contributed by atoms with Crippen molar-refractivity contribution in [2.75, 3.05) is 6.61 Å². The second-order valence-corrected chi connectivity index (χ2v) is 9.19. The number of hydrogen-bond acceptors (Lipinski definition) is 5. The van der Waals surface area contributed by atoms with Crippen molar-refractivity contribution in [1.82, 2.24) is 5.06 Å². The molecule has 1 heterocycles. The molecule has 6 nitrogen and oxygen atoms in total. The Morgan fingerprint density at radius 3 is 2.22 bits per heavy atom. The molecule has 0 aromatic carbocycles. The minimum Gasteiger partial charge on any atom is -0.465 e. The van der Waals surface area contributed by atoms with Crippen molar-refractivity contribution in [2.45, 2.75) is 81.4 Å². The lowest BCUT2D eigenvalue weighted by atomic mass is 9.80. The van der Waals surface area contributed by atoms with E-state index in [4.69, 9.17) is 9.47 Å². The summed E-state index contributed by atoms with van der Waals surface area (Å²) < 4.78 is 10.3. The van der Waals surface area contributed by atoms with Gasteiger partial charge in [-0.25, -0.2) is 0 Å². The normalized spacial score (nSPS) is 22.4. The molecule has 1 atom stereocenters. The average molecular weight is 440 g/mol. The van der Waals surface area contributed by atoms with Crippen LogP contribution in [-0.4, -0.2) is 44.7 Å². The molecule has 1 radical (unpaired) electrons. The third-order valence-corrected chi connectivity index (χ3v) is 4.45. The molecule has 0 saturated carbocycles. The molecule has 0 bridgehead atoms. The highest BCUT2D eigenvalue weighted by Crippen LogP contribution is 2.38. The molecule has 1 rings (SSSR count). The lowest BCUT2D eigenvalue weighted by Gasteiger charge is -2.49. The van der Waals surface area contributed by atoms with Crippen LogP contribution in [0.15, 0.2) is 0 Å². The summed E-state index contributed by atoms with van der Waals surface area (Å²) in [7, 11) is 0. The molecule has 0 aliphatic carbocycles. The molecule has 1 aliphatic heterocycles. The van der Waals surface area contributed by atoms with Gasteiger partial charge in [-0.05, 0) is 41.0 Å². The van der Waals surface area contributed by atoms with Gasteiger partial charge in [0, 0.05) is 30.3 Å². The smallest absolute Gasteiger partial charge is 0.318 e. The van der Waals surface area contributed by atoms with Gasteiger partial charge < -0.3 is 9.47 Å². The van der Waals surface area contributed by atoms with E-state index >= 15 is 0 Å². The van der Waals surface area contributed by atoms with Gasteiger partial charge in [0.1, 0.15) is 10.0 Å².